The number of likely N-dealkylation sites (N-methyl/N-ethyl adjacent to an activating group) is 1. The van der Waals surface area contributed by atoms with Crippen molar-refractivity contribution in [1.82, 2.24) is 15.1 Å². The predicted octanol–water partition coefficient (Wildman–Crippen LogP) is 6.14. The summed E-state index contributed by atoms with van der Waals surface area (Å²) in [7, 11) is 2.14. The van der Waals surface area contributed by atoms with Gasteiger partial charge in [-0.1, -0.05) is 59.1 Å². The van der Waals surface area contributed by atoms with Crippen molar-refractivity contribution in [3.63, 3.8) is 0 Å². The molecule has 4 rings (SSSR count). The van der Waals surface area contributed by atoms with Crippen LogP contribution in [0.5, 0.6) is 5.75 Å². The van der Waals surface area contributed by atoms with Crippen molar-refractivity contribution in [3.05, 3.63) is 86.9 Å². The molecule has 0 saturated carbocycles. The van der Waals surface area contributed by atoms with Gasteiger partial charge in [-0.3, -0.25) is 9.69 Å². The Balaban J connectivity index is 1.51. The predicted molar refractivity (Wildman–Crippen MR) is 148 cm³/mol. The average Bonchev–Trinajstić information content (AvgIpc) is 2.86. The van der Waals surface area contributed by atoms with Gasteiger partial charge < -0.3 is 15.0 Å². The SMILES string of the molecule is CC(Oc1ccc(-c2ccc(Cl)cc2Cl)cc1CN1CCN(C)CC1)C(=O)NCc1ccc(Cl)cc1. The minimum atomic E-state index is -0.659. The molecular formula is C28H30Cl3N3O2. The van der Waals surface area contributed by atoms with Crippen LogP contribution in [0.3, 0.4) is 0 Å². The van der Waals surface area contributed by atoms with Gasteiger partial charge in [-0.25, -0.2) is 0 Å². The summed E-state index contributed by atoms with van der Waals surface area (Å²) < 4.78 is 6.19. The van der Waals surface area contributed by atoms with Crippen molar-refractivity contribution in [2.24, 2.45) is 0 Å². The van der Waals surface area contributed by atoms with Crippen LogP contribution in [0.15, 0.2) is 60.7 Å². The number of nitrogens with one attached hydrogen (secondary N) is 1. The molecule has 36 heavy (non-hydrogen) atoms. The summed E-state index contributed by atoms with van der Waals surface area (Å²) in [5.74, 6) is 0.511. The van der Waals surface area contributed by atoms with Crippen molar-refractivity contribution < 1.29 is 9.53 Å². The molecule has 0 aromatic heterocycles. The van der Waals surface area contributed by atoms with Gasteiger partial charge in [-0.05, 0) is 61.5 Å². The first-order chi connectivity index (χ1) is 17.3. The monoisotopic (exact) mass is 545 g/mol. The molecule has 5 nitrogen and oxygen atoms in total. The summed E-state index contributed by atoms with van der Waals surface area (Å²) in [6, 6.07) is 18.9. The molecule has 3 aromatic carbocycles. The van der Waals surface area contributed by atoms with E-state index in [2.05, 4.69) is 28.2 Å². The molecule has 1 aliphatic rings. The minimum absolute atomic E-state index is 0.180. The topological polar surface area (TPSA) is 44.8 Å². The quantitative estimate of drug-likeness (QED) is 0.368. The van der Waals surface area contributed by atoms with Crippen LogP contribution >= 0.6 is 34.8 Å². The Labute approximate surface area is 227 Å². The van der Waals surface area contributed by atoms with E-state index in [-0.39, 0.29) is 5.91 Å². The van der Waals surface area contributed by atoms with E-state index in [9.17, 15) is 4.79 Å². The maximum atomic E-state index is 12.8. The lowest BCUT2D eigenvalue weighted by atomic mass is 10.0. The summed E-state index contributed by atoms with van der Waals surface area (Å²) in [5.41, 5.74) is 3.87. The number of benzene rings is 3. The molecule has 8 heteroatoms. The molecule has 0 aliphatic carbocycles. The van der Waals surface area contributed by atoms with Crippen molar-refractivity contribution in [2.75, 3.05) is 33.2 Å². The number of nitrogens with zero attached hydrogens (tertiary/aromatic N) is 2. The molecule has 1 saturated heterocycles. The van der Waals surface area contributed by atoms with Crippen LogP contribution in [0.2, 0.25) is 15.1 Å². The van der Waals surface area contributed by atoms with Gasteiger partial charge >= 0.3 is 0 Å². The molecule has 1 aliphatic heterocycles. The van der Waals surface area contributed by atoms with Crippen molar-refractivity contribution in [2.45, 2.75) is 26.1 Å². The Morgan fingerprint density at radius 3 is 2.33 bits per heavy atom. The van der Waals surface area contributed by atoms with Crippen LogP contribution in [-0.2, 0) is 17.9 Å². The molecule has 1 unspecified atom stereocenters. The molecule has 1 heterocycles. The zero-order chi connectivity index (χ0) is 25.7. The van der Waals surface area contributed by atoms with Crippen LogP contribution in [0.1, 0.15) is 18.1 Å². The van der Waals surface area contributed by atoms with E-state index in [0.29, 0.717) is 27.4 Å². The molecule has 3 aromatic rings. The van der Waals surface area contributed by atoms with Crippen molar-refractivity contribution >= 4 is 40.7 Å². The summed E-state index contributed by atoms with van der Waals surface area (Å²) >= 11 is 18.5. The van der Waals surface area contributed by atoms with Gasteiger partial charge in [0.1, 0.15) is 5.75 Å². The van der Waals surface area contributed by atoms with E-state index >= 15 is 0 Å². The Morgan fingerprint density at radius 2 is 1.64 bits per heavy atom. The van der Waals surface area contributed by atoms with Crippen LogP contribution in [0, 0.1) is 0 Å². The highest BCUT2D eigenvalue weighted by molar-refractivity contribution is 6.36. The third-order valence-electron chi connectivity index (χ3n) is 6.35. The second-order valence-corrected chi connectivity index (χ2v) is 10.4. The Bertz CT molecular complexity index is 1200. The third-order valence-corrected chi connectivity index (χ3v) is 7.15. The number of hydrogen-bond donors (Lipinski definition) is 1. The minimum Gasteiger partial charge on any atom is -0.481 e. The molecule has 1 atom stereocenters. The normalized spacial score (nSPS) is 15.5. The summed E-state index contributed by atoms with van der Waals surface area (Å²) in [6.07, 6.45) is -0.659. The first kappa shape index (κ1) is 26.8. The van der Waals surface area contributed by atoms with Crippen molar-refractivity contribution in [3.8, 4) is 16.9 Å². The van der Waals surface area contributed by atoms with E-state index in [1.165, 1.54) is 0 Å². The molecule has 1 N–H and O–H groups in total. The lowest BCUT2D eigenvalue weighted by Crippen LogP contribution is -2.44. The van der Waals surface area contributed by atoms with E-state index in [1.807, 2.05) is 48.5 Å². The molecule has 1 amide bonds. The second-order valence-electron chi connectivity index (χ2n) is 9.13. The van der Waals surface area contributed by atoms with Gasteiger partial charge in [-0.15, -0.1) is 0 Å². The highest BCUT2D eigenvalue weighted by Gasteiger charge is 2.20. The fourth-order valence-corrected chi connectivity index (χ4v) is 4.78. The lowest BCUT2D eigenvalue weighted by Gasteiger charge is -2.33. The molecule has 0 spiro atoms. The van der Waals surface area contributed by atoms with Crippen LogP contribution in [0.4, 0.5) is 0 Å². The molecule has 1 fully saturated rings. The Morgan fingerprint density at radius 1 is 0.944 bits per heavy atom. The molecular weight excluding hydrogens is 517 g/mol. The third kappa shape index (κ3) is 7.15. The standard InChI is InChI=1S/C28H30Cl3N3O2/c1-19(28(35)32-17-20-3-6-23(29)7-4-20)36-27-10-5-21(25-9-8-24(30)16-26(25)31)15-22(27)18-34-13-11-33(2)12-14-34/h3-10,15-16,19H,11-14,17-18H2,1-2H3,(H,32,35). The number of carbonyl (C=O) groups excluding carboxylic acids is 1. The van der Waals surface area contributed by atoms with Gasteiger partial charge in [0.15, 0.2) is 6.10 Å². The lowest BCUT2D eigenvalue weighted by molar-refractivity contribution is -0.127. The number of hydrogen-bond acceptors (Lipinski definition) is 4. The highest BCUT2D eigenvalue weighted by atomic mass is 35.5. The van der Waals surface area contributed by atoms with Crippen LogP contribution < -0.4 is 10.1 Å². The van der Waals surface area contributed by atoms with E-state index in [0.717, 1.165) is 55.0 Å². The Hall–Kier alpha value is -2.28. The van der Waals surface area contributed by atoms with Gasteiger partial charge in [0, 0.05) is 65.5 Å². The summed E-state index contributed by atoms with van der Waals surface area (Å²) in [6.45, 7) is 6.87. The van der Waals surface area contributed by atoms with E-state index in [1.54, 1.807) is 13.0 Å². The van der Waals surface area contributed by atoms with E-state index in [4.69, 9.17) is 39.5 Å². The maximum Gasteiger partial charge on any atom is 0.261 e. The molecule has 0 radical (unpaired) electrons. The van der Waals surface area contributed by atoms with Crippen molar-refractivity contribution in [1.29, 1.82) is 0 Å². The van der Waals surface area contributed by atoms with E-state index < -0.39 is 6.10 Å². The fraction of sp³-hybridized carbons (Fsp3) is 0.321. The molecule has 190 valence electrons. The van der Waals surface area contributed by atoms with Crippen LogP contribution in [-0.4, -0.2) is 55.0 Å². The second kappa shape index (κ2) is 12.3. The molecule has 0 bridgehead atoms. The summed E-state index contributed by atoms with van der Waals surface area (Å²) in [5, 5.41) is 4.80. The number of amides is 1. The number of halogens is 3. The number of piperazine rings is 1. The van der Waals surface area contributed by atoms with Gasteiger partial charge in [0.05, 0.1) is 0 Å². The van der Waals surface area contributed by atoms with Gasteiger partial charge in [0.25, 0.3) is 5.91 Å². The zero-order valence-corrected chi connectivity index (χ0v) is 22.7. The summed E-state index contributed by atoms with van der Waals surface area (Å²) in [4.78, 5) is 17.5. The number of ether oxygens (including phenoxy) is 1. The number of carbonyl (C=O) groups is 1. The van der Waals surface area contributed by atoms with Gasteiger partial charge in [0.2, 0.25) is 0 Å². The number of rotatable bonds is 8. The largest absolute Gasteiger partial charge is 0.481 e. The first-order valence-electron chi connectivity index (χ1n) is 12.0. The zero-order valence-electron chi connectivity index (χ0n) is 20.4. The van der Waals surface area contributed by atoms with Gasteiger partial charge in [-0.2, -0.15) is 0 Å². The fourth-order valence-electron chi connectivity index (χ4n) is 4.14. The average molecular weight is 547 g/mol. The Kier molecular flexibility index (Phi) is 9.15. The highest BCUT2D eigenvalue weighted by Crippen LogP contribution is 2.34. The first-order valence-corrected chi connectivity index (χ1v) is 13.1. The maximum absolute atomic E-state index is 12.8. The smallest absolute Gasteiger partial charge is 0.261 e. The van der Waals surface area contributed by atoms with Crippen LogP contribution in [0.25, 0.3) is 11.1 Å².